The monoisotopic (exact) mass is 285 g/mol. The van der Waals surface area contributed by atoms with Crippen molar-refractivity contribution in [3.63, 3.8) is 0 Å². The van der Waals surface area contributed by atoms with Crippen LogP contribution in [0.5, 0.6) is 0 Å². The van der Waals surface area contributed by atoms with E-state index < -0.39 is 0 Å². The first-order chi connectivity index (χ1) is 9.31. The van der Waals surface area contributed by atoms with Crippen LogP contribution in [-0.2, 0) is 9.47 Å². The van der Waals surface area contributed by atoms with Crippen LogP contribution in [0, 0.1) is 5.92 Å². The molecule has 0 bridgehead atoms. The molecule has 3 aliphatic rings. The molecule has 0 amide bonds. The fourth-order valence-electron chi connectivity index (χ4n) is 3.89. The normalized spacial score (nSPS) is 38.7. The third kappa shape index (κ3) is 3.29. The molecule has 3 nitrogen and oxygen atoms in total. The lowest BCUT2D eigenvalue weighted by Gasteiger charge is -2.44. The molecule has 2 aliphatic heterocycles. The first-order valence-corrected chi connectivity index (χ1v) is 9.04. The zero-order valence-corrected chi connectivity index (χ0v) is 12.6. The van der Waals surface area contributed by atoms with Gasteiger partial charge in [0.1, 0.15) is 0 Å². The fraction of sp³-hybridized carbons (Fsp3) is 1.00. The molecule has 1 aliphatic carbocycles. The van der Waals surface area contributed by atoms with Crippen LogP contribution >= 0.6 is 11.8 Å². The predicted molar refractivity (Wildman–Crippen MR) is 79.5 cm³/mol. The molecular weight excluding hydrogens is 258 g/mol. The smallest absolute Gasteiger partial charge is 0.0723 e. The van der Waals surface area contributed by atoms with Gasteiger partial charge < -0.3 is 15.2 Å². The van der Waals surface area contributed by atoms with Gasteiger partial charge in [0.25, 0.3) is 0 Å². The second-order valence-electron chi connectivity index (χ2n) is 6.36. The fourth-order valence-corrected chi connectivity index (χ4v) is 5.13. The SMILES string of the molecule is NCC1CCCC1OC1CCOC2(CCSCC2)C1. The first-order valence-electron chi connectivity index (χ1n) is 7.89. The van der Waals surface area contributed by atoms with Gasteiger partial charge in [0.05, 0.1) is 17.8 Å². The van der Waals surface area contributed by atoms with E-state index >= 15 is 0 Å². The number of hydrogen-bond acceptors (Lipinski definition) is 4. The van der Waals surface area contributed by atoms with Crippen molar-refractivity contribution in [1.82, 2.24) is 0 Å². The first kappa shape index (κ1) is 14.2. The Morgan fingerprint density at radius 2 is 2.05 bits per heavy atom. The van der Waals surface area contributed by atoms with Crippen molar-refractivity contribution in [2.24, 2.45) is 11.7 Å². The highest BCUT2D eigenvalue weighted by molar-refractivity contribution is 7.99. The van der Waals surface area contributed by atoms with Gasteiger partial charge in [-0.05, 0) is 56.1 Å². The Morgan fingerprint density at radius 1 is 1.21 bits per heavy atom. The molecule has 0 radical (unpaired) electrons. The lowest BCUT2D eigenvalue weighted by atomic mass is 9.86. The molecule has 3 fully saturated rings. The van der Waals surface area contributed by atoms with Gasteiger partial charge in [0, 0.05) is 13.0 Å². The van der Waals surface area contributed by atoms with E-state index in [1.54, 1.807) is 0 Å². The summed E-state index contributed by atoms with van der Waals surface area (Å²) in [6, 6.07) is 0. The van der Waals surface area contributed by atoms with E-state index in [0.29, 0.717) is 18.1 Å². The molecule has 4 heteroatoms. The highest BCUT2D eigenvalue weighted by atomic mass is 32.2. The molecular formula is C15H27NO2S. The molecule has 0 aromatic heterocycles. The van der Waals surface area contributed by atoms with Gasteiger partial charge in [0.15, 0.2) is 0 Å². The topological polar surface area (TPSA) is 44.5 Å². The summed E-state index contributed by atoms with van der Waals surface area (Å²) in [5.41, 5.74) is 6.00. The Bertz CT molecular complexity index is 288. The van der Waals surface area contributed by atoms with Crippen molar-refractivity contribution >= 4 is 11.8 Å². The minimum absolute atomic E-state index is 0.144. The van der Waals surface area contributed by atoms with Crippen LogP contribution in [0.4, 0.5) is 0 Å². The second-order valence-corrected chi connectivity index (χ2v) is 7.58. The highest BCUT2D eigenvalue weighted by Crippen LogP contribution is 2.40. The average molecular weight is 285 g/mol. The van der Waals surface area contributed by atoms with Crippen molar-refractivity contribution in [1.29, 1.82) is 0 Å². The van der Waals surface area contributed by atoms with Gasteiger partial charge in [-0.2, -0.15) is 11.8 Å². The Labute approximate surface area is 121 Å². The van der Waals surface area contributed by atoms with E-state index in [1.165, 1.54) is 43.6 Å². The molecule has 110 valence electrons. The third-order valence-corrected chi connectivity index (χ3v) is 6.10. The predicted octanol–water partition coefficient (Wildman–Crippen LogP) is 2.58. The van der Waals surface area contributed by atoms with E-state index in [2.05, 4.69) is 11.8 Å². The van der Waals surface area contributed by atoms with Crippen LogP contribution < -0.4 is 5.73 Å². The van der Waals surface area contributed by atoms with Gasteiger partial charge >= 0.3 is 0 Å². The molecule has 19 heavy (non-hydrogen) atoms. The summed E-state index contributed by atoms with van der Waals surface area (Å²) in [6.45, 7) is 1.67. The van der Waals surface area contributed by atoms with E-state index in [-0.39, 0.29) is 5.60 Å². The zero-order valence-electron chi connectivity index (χ0n) is 11.8. The zero-order chi connectivity index (χ0) is 13.1. The maximum atomic E-state index is 6.42. The van der Waals surface area contributed by atoms with E-state index in [1.807, 2.05) is 0 Å². The quantitative estimate of drug-likeness (QED) is 0.865. The summed E-state index contributed by atoms with van der Waals surface area (Å²) in [5.74, 6) is 3.10. The molecule has 1 spiro atoms. The number of rotatable bonds is 3. The standard InChI is InChI=1S/C15H27NO2S/c16-11-12-2-1-3-14(12)18-13-4-7-17-15(10-13)5-8-19-9-6-15/h12-14H,1-11,16H2. The summed E-state index contributed by atoms with van der Waals surface area (Å²) >= 11 is 2.06. The molecule has 0 aromatic carbocycles. The van der Waals surface area contributed by atoms with E-state index in [0.717, 1.165) is 26.0 Å². The Morgan fingerprint density at radius 3 is 2.84 bits per heavy atom. The number of thioether (sulfide) groups is 1. The van der Waals surface area contributed by atoms with E-state index in [4.69, 9.17) is 15.2 Å². The summed E-state index contributed by atoms with van der Waals surface area (Å²) in [4.78, 5) is 0. The van der Waals surface area contributed by atoms with Gasteiger partial charge in [-0.25, -0.2) is 0 Å². The lowest BCUT2D eigenvalue weighted by molar-refractivity contribution is -0.154. The molecule has 0 aromatic rings. The summed E-state index contributed by atoms with van der Waals surface area (Å²) in [5, 5.41) is 0. The van der Waals surface area contributed by atoms with Crippen LogP contribution in [0.1, 0.15) is 44.9 Å². The Kier molecular flexibility index (Phi) is 4.73. The molecule has 3 unspecified atom stereocenters. The highest BCUT2D eigenvalue weighted by Gasteiger charge is 2.40. The number of ether oxygens (including phenoxy) is 2. The molecule has 3 atom stereocenters. The van der Waals surface area contributed by atoms with Crippen LogP contribution in [0.2, 0.25) is 0 Å². The Hall–Kier alpha value is 0.230. The molecule has 2 saturated heterocycles. The molecule has 2 N–H and O–H groups in total. The van der Waals surface area contributed by atoms with E-state index in [9.17, 15) is 0 Å². The van der Waals surface area contributed by atoms with Gasteiger partial charge in [-0.3, -0.25) is 0 Å². The second kappa shape index (κ2) is 6.33. The maximum Gasteiger partial charge on any atom is 0.0723 e. The summed E-state index contributed by atoms with van der Waals surface area (Å²) in [6.07, 6.45) is 9.19. The van der Waals surface area contributed by atoms with Crippen molar-refractivity contribution in [2.75, 3.05) is 24.7 Å². The van der Waals surface area contributed by atoms with Crippen LogP contribution in [0.25, 0.3) is 0 Å². The third-order valence-electron chi connectivity index (χ3n) is 5.11. The minimum Gasteiger partial charge on any atom is -0.375 e. The largest absolute Gasteiger partial charge is 0.375 e. The number of hydrogen-bond donors (Lipinski definition) is 1. The maximum absolute atomic E-state index is 6.42. The lowest BCUT2D eigenvalue weighted by Crippen LogP contribution is -2.46. The van der Waals surface area contributed by atoms with Crippen molar-refractivity contribution in [3.05, 3.63) is 0 Å². The van der Waals surface area contributed by atoms with Gasteiger partial charge in [0.2, 0.25) is 0 Å². The van der Waals surface area contributed by atoms with Crippen LogP contribution in [0.3, 0.4) is 0 Å². The van der Waals surface area contributed by atoms with Crippen molar-refractivity contribution < 1.29 is 9.47 Å². The average Bonchev–Trinajstić information content (AvgIpc) is 2.87. The molecule has 2 heterocycles. The summed E-state index contributed by atoms with van der Waals surface area (Å²) in [7, 11) is 0. The molecule has 1 saturated carbocycles. The van der Waals surface area contributed by atoms with Crippen molar-refractivity contribution in [3.8, 4) is 0 Å². The van der Waals surface area contributed by atoms with Gasteiger partial charge in [-0.15, -0.1) is 0 Å². The Balaban J connectivity index is 1.56. The van der Waals surface area contributed by atoms with Crippen LogP contribution in [-0.4, -0.2) is 42.5 Å². The number of nitrogens with two attached hydrogens (primary N) is 1. The molecule has 3 rings (SSSR count). The van der Waals surface area contributed by atoms with Crippen LogP contribution in [0.15, 0.2) is 0 Å². The minimum atomic E-state index is 0.144. The summed E-state index contributed by atoms with van der Waals surface area (Å²) < 4.78 is 12.6. The van der Waals surface area contributed by atoms with Gasteiger partial charge in [-0.1, -0.05) is 6.42 Å². The van der Waals surface area contributed by atoms with Crippen molar-refractivity contribution in [2.45, 2.75) is 62.8 Å².